The van der Waals surface area contributed by atoms with Gasteiger partial charge < -0.3 is 10.2 Å². The van der Waals surface area contributed by atoms with E-state index >= 15 is 0 Å². The molecule has 1 aromatic rings. The van der Waals surface area contributed by atoms with Crippen LogP contribution in [0.4, 0.5) is 0 Å². The lowest BCUT2D eigenvalue weighted by Crippen LogP contribution is -2.53. The van der Waals surface area contributed by atoms with Gasteiger partial charge >= 0.3 is 0 Å². The van der Waals surface area contributed by atoms with Gasteiger partial charge in [0.25, 0.3) is 0 Å². The molecule has 110 valence electrons. The second kappa shape index (κ2) is 5.93. The zero-order valence-electron chi connectivity index (χ0n) is 12.0. The van der Waals surface area contributed by atoms with E-state index in [-0.39, 0.29) is 11.9 Å². The first-order valence-electron chi connectivity index (χ1n) is 7.48. The van der Waals surface area contributed by atoms with Gasteiger partial charge in [-0.3, -0.25) is 14.4 Å². The van der Waals surface area contributed by atoms with Crippen molar-refractivity contribution < 1.29 is 4.79 Å². The van der Waals surface area contributed by atoms with E-state index in [4.69, 9.17) is 0 Å². The van der Waals surface area contributed by atoms with Crippen molar-refractivity contribution in [2.45, 2.75) is 25.4 Å². The Morgan fingerprint density at radius 1 is 1.35 bits per heavy atom. The maximum absolute atomic E-state index is 12.5. The third-order valence-electron chi connectivity index (χ3n) is 4.46. The van der Waals surface area contributed by atoms with E-state index in [1.807, 2.05) is 24.1 Å². The molecule has 0 aromatic carbocycles. The van der Waals surface area contributed by atoms with Crippen LogP contribution in [-0.4, -0.2) is 70.8 Å². The summed E-state index contributed by atoms with van der Waals surface area (Å²) >= 11 is 0. The van der Waals surface area contributed by atoms with Crippen LogP contribution < -0.4 is 5.32 Å². The van der Waals surface area contributed by atoms with E-state index in [0.717, 1.165) is 39.3 Å². The smallest absolute Gasteiger partial charge is 0.247 e. The summed E-state index contributed by atoms with van der Waals surface area (Å²) < 4.78 is 1.73. The minimum atomic E-state index is -0.204. The zero-order chi connectivity index (χ0) is 13.9. The Morgan fingerprint density at radius 2 is 2.15 bits per heavy atom. The summed E-state index contributed by atoms with van der Waals surface area (Å²) in [5, 5.41) is 7.57. The summed E-state index contributed by atoms with van der Waals surface area (Å²) in [4.78, 5) is 17.0. The van der Waals surface area contributed by atoms with Gasteiger partial charge in [0, 0.05) is 51.2 Å². The molecule has 1 N–H and O–H groups in total. The quantitative estimate of drug-likeness (QED) is 0.842. The maximum atomic E-state index is 12.5. The molecular formula is C14H23N5O. The predicted molar refractivity (Wildman–Crippen MR) is 76.4 cm³/mol. The summed E-state index contributed by atoms with van der Waals surface area (Å²) in [6.07, 6.45) is 4.80. The lowest BCUT2D eigenvalue weighted by molar-refractivity contribution is -0.136. The van der Waals surface area contributed by atoms with Crippen molar-refractivity contribution in [1.82, 2.24) is 24.9 Å². The summed E-state index contributed by atoms with van der Waals surface area (Å²) in [5.74, 6) is 0.179. The molecule has 20 heavy (non-hydrogen) atoms. The van der Waals surface area contributed by atoms with Crippen LogP contribution in [0.3, 0.4) is 0 Å². The third kappa shape index (κ3) is 2.71. The molecule has 6 heteroatoms. The highest BCUT2D eigenvalue weighted by Crippen LogP contribution is 2.15. The lowest BCUT2D eigenvalue weighted by atomic mass is 10.1. The summed E-state index contributed by atoms with van der Waals surface area (Å²) in [6, 6.07) is 2.31. The molecule has 1 amide bonds. The highest BCUT2D eigenvalue weighted by atomic mass is 16.2. The molecule has 0 saturated carbocycles. The first kappa shape index (κ1) is 13.6. The maximum Gasteiger partial charge on any atom is 0.247 e. The largest absolute Gasteiger partial charge is 0.338 e. The van der Waals surface area contributed by atoms with Crippen molar-refractivity contribution in [3.63, 3.8) is 0 Å². The van der Waals surface area contributed by atoms with Gasteiger partial charge in [0.1, 0.15) is 6.04 Å². The Balaban J connectivity index is 1.53. The Hall–Kier alpha value is -1.40. The molecule has 2 fully saturated rings. The molecule has 1 aromatic heterocycles. The van der Waals surface area contributed by atoms with E-state index in [0.29, 0.717) is 6.04 Å². The van der Waals surface area contributed by atoms with Crippen LogP contribution in [0.2, 0.25) is 0 Å². The predicted octanol–water partition coefficient (Wildman–Crippen LogP) is -0.0498. The standard InChI is InChI=1S/C14H23N5O/c1-12(19-6-2-4-16-19)14(20)18-9-7-17(8-10-18)13-3-5-15-11-13/h2,4,6,12-13,15H,3,5,7-11H2,1H3. The van der Waals surface area contributed by atoms with Crippen LogP contribution in [0.15, 0.2) is 18.5 Å². The number of nitrogens with one attached hydrogen (secondary N) is 1. The molecule has 6 nitrogen and oxygen atoms in total. The van der Waals surface area contributed by atoms with E-state index in [9.17, 15) is 4.79 Å². The number of hydrogen-bond donors (Lipinski definition) is 1. The van der Waals surface area contributed by atoms with Crippen LogP contribution in [0.25, 0.3) is 0 Å². The van der Waals surface area contributed by atoms with Gasteiger partial charge in [-0.2, -0.15) is 5.10 Å². The fourth-order valence-corrected chi connectivity index (χ4v) is 3.15. The van der Waals surface area contributed by atoms with E-state index < -0.39 is 0 Å². The average Bonchev–Trinajstić information content (AvgIpc) is 3.18. The fraction of sp³-hybridized carbons (Fsp3) is 0.714. The lowest BCUT2D eigenvalue weighted by Gasteiger charge is -2.38. The van der Waals surface area contributed by atoms with Crippen LogP contribution in [-0.2, 0) is 4.79 Å². The van der Waals surface area contributed by atoms with Crippen molar-refractivity contribution in [2.75, 3.05) is 39.3 Å². The highest BCUT2D eigenvalue weighted by Gasteiger charge is 2.29. The Bertz CT molecular complexity index is 432. The fourth-order valence-electron chi connectivity index (χ4n) is 3.15. The number of aromatic nitrogens is 2. The Kier molecular flexibility index (Phi) is 4.03. The Morgan fingerprint density at radius 3 is 2.75 bits per heavy atom. The molecule has 2 unspecified atom stereocenters. The number of nitrogens with zero attached hydrogens (tertiary/aromatic N) is 4. The van der Waals surface area contributed by atoms with Crippen molar-refractivity contribution in [2.24, 2.45) is 0 Å². The normalized spacial score (nSPS) is 25.9. The second-order valence-electron chi connectivity index (χ2n) is 5.67. The van der Waals surface area contributed by atoms with E-state index in [1.54, 1.807) is 10.9 Å². The molecule has 0 bridgehead atoms. The molecule has 3 rings (SSSR count). The van der Waals surface area contributed by atoms with Gasteiger partial charge in [-0.15, -0.1) is 0 Å². The number of rotatable bonds is 3. The average molecular weight is 277 g/mol. The molecule has 0 spiro atoms. The molecule has 2 atom stereocenters. The Labute approximate surface area is 119 Å². The molecule has 2 aliphatic heterocycles. The zero-order valence-corrected chi connectivity index (χ0v) is 12.0. The van der Waals surface area contributed by atoms with Gasteiger partial charge in [-0.1, -0.05) is 0 Å². The summed E-state index contributed by atoms with van der Waals surface area (Å²) in [6.45, 7) is 7.79. The van der Waals surface area contributed by atoms with Crippen LogP contribution in [0, 0.1) is 0 Å². The van der Waals surface area contributed by atoms with Crippen molar-refractivity contribution in [3.8, 4) is 0 Å². The van der Waals surface area contributed by atoms with Gasteiger partial charge in [-0.25, -0.2) is 0 Å². The monoisotopic (exact) mass is 277 g/mol. The van der Waals surface area contributed by atoms with Gasteiger partial charge in [0.15, 0.2) is 0 Å². The summed E-state index contributed by atoms with van der Waals surface area (Å²) in [5.41, 5.74) is 0. The van der Waals surface area contributed by atoms with Crippen LogP contribution >= 0.6 is 0 Å². The molecule has 2 saturated heterocycles. The minimum absolute atomic E-state index is 0.179. The first-order valence-corrected chi connectivity index (χ1v) is 7.48. The SMILES string of the molecule is CC(C(=O)N1CCN(C2CCNC2)CC1)n1cccn1. The molecule has 2 aliphatic rings. The topological polar surface area (TPSA) is 53.4 Å². The third-order valence-corrected chi connectivity index (χ3v) is 4.46. The van der Waals surface area contributed by atoms with Gasteiger partial charge in [0.2, 0.25) is 5.91 Å². The van der Waals surface area contributed by atoms with Crippen molar-refractivity contribution >= 4 is 5.91 Å². The highest BCUT2D eigenvalue weighted by molar-refractivity contribution is 5.80. The molecule has 0 radical (unpaired) electrons. The summed E-state index contributed by atoms with van der Waals surface area (Å²) in [7, 11) is 0. The minimum Gasteiger partial charge on any atom is -0.338 e. The number of carbonyl (C=O) groups excluding carboxylic acids is 1. The van der Waals surface area contributed by atoms with Gasteiger partial charge in [-0.05, 0) is 26.0 Å². The molecule has 0 aliphatic carbocycles. The first-order chi connectivity index (χ1) is 9.75. The van der Waals surface area contributed by atoms with E-state index in [2.05, 4.69) is 15.3 Å². The van der Waals surface area contributed by atoms with Crippen LogP contribution in [0.1, 0.15) is 19.4 Å². The second-order valence-corrected chi connectivity index (χ2v) is 5.67. The van der Waals surface area contributed by atoms with Crippen LogP contribution in [0.5, 0.6) is 0 Å². The number of hydrogen-bond acceptors (Lipinski definition) is 4. The van der Waals surface area contributed by atoms with Gasteiger partial charge in [0.05, 0.1) is 0 Å². The number of piperazine rings is 1. The number of amides is 1. The van der Waals surface area contributed by atoms with Crippen molar-refractivity contribution in [3.05, 3.63) is 18.5 Å². The van der Waals surface area contributed by atoms with E-state index in [1.165, 1.54) is 6.42 Å². The van der Waals surface area contributed by atoms with Crippen molar-refractivity contribution in [1.29, 1.82) is 0 Å². The molecular weight excluding hydrogens is 254 g/mol. The molecule has 3 heterocycles. The number of carbonyl (C=O) groups is 1.